The van der Waals surface area contributed by atoms with Gasteiger partial charge >= 0.3 is 0 Å². The van der Waals surface area contributed by atoms with Crippen LogP contribution in [0.15, 0.2) is 24.3 Å². The molecule has 1 aromatic rings. The summed E-state index contributed by atoms with van der Waals surface area (Å²) in [6, 6.07) is 7.02. The zero-order chi connectivity index (χ0) is 10.7. The third-order valence-electron chi connectivity index (χ3n) is 2.86. The lowest BCUT2D eigenvalue weighted by Crippen LogP contribution is -2.42. The topological polar surface area (TPSA) is 60.8 Å². The molecule has 1 unspecified atom stereocenters. The largest absolute Gasteiger partial charge is 0.412 e. The highest BCUT2D eigenvalue weighted by atomic mass is 35.5. The molecule has 0 aliphatic carbocycles. The minimum Gasteiger partial charge on any atom is -0.412 e. The lowest BCUT2D eigenvalue weighted by molar-refractivity contribution is 0.201. The Bertz CT molecular complexity index is 324. The van der Waals surface area contributed by atoms with Crippen molar-refractivity contribution in [3.05, 3.63) is 35.6 Å². The van der Waals surface area contributed by atoms with Crippen LogP contribution < -0.4 is 5.73 Å². The van der Waals surface area contributed by atoms with Crippen molar-refractivity contribution in [2.45, 2.75) is 25.4 Å². The molecule has 1 fully saturated rings. The molecule has 4 N–H and O–H groups in total. The Hall–Kier alpha value is -0.390. The standard InChI is InChI=1S/C12H17FN2.2ClH.H2O/c13-11-5-3-10(4-6-11)8-15-7-1-2-12(14)9-15;;;/h3-6,12H,1-2,7-9,14H2;2*1H;1H2. The van der Waals surface area contributed by atoms with Gasteiger partial charge < -0.3 is 11.2 Å². The summed E-state index contributed by atoms with van der Waals surface area (Å²) in [5.41, 5.74) is 7.06. The second-order valence-corrected chi connectivity index (χ2v) is 4.26. The zero-order valence-electron chi connectivity index (χ0n) is 10.1. The maximum atomic E-state index is 12.7. The molecule has 1 heterocycles. The van der Waals surface area contributed by atoms with Crippen molar-refractivity contribution in [1.82, 2.24) is 4.90 Å². The van der Waals surface area contributed by atoms with Crippen LogP contribution in [0.5, 0.6) is 0 Å². The van der Waals surface area contributed by atoms with E-state index in [4.69, 9.17) is 5.73 Å². The van der Waals surface area contributed by atoms with Crippen molar-refractivity contribution in [2.75, 3.05) is 13.1 Å². The first kappa shape index (κ1) is 19.9. The Morgan fingerprint density at radius 2 is 1.83 bits per heavy atom. The van der Waals surface area contributed by atoms with E-state index in [0.717, 1.165) is 31.6 Å². The molecule has 0 saturated carbocycles. The van der Waals surface area contributed by atoms with Crippen LogP contribution in [0.2, 0.25) is 0 Å². The maximum absolute atomic E-state index is 12.7. The lowest BCUT2D eigenvalue weighted by atomic mass is 10.1. The van der Waals surface area contributed by atoms with Gasteiger partial charge in [-0.3, -0.25) is 4.90 Å². The van der Waals surface area contributed by atoms with Gasteiger partial charge in [-0.2, -0.15) is 0 Å². The molecule has 106 valence electrons. The van der Waals surface area contributed by atoms with Gasteiger partial charge in [-0.25, -0.2) is 4.39 Å². The molecule has 0 bridgehead atoms. The summed E-state index contributed by atoms with van der Waals surface area (Å²) in [6.07, 6.45) is 2.29. The van der Waals surface area contributed by atoms with Crippen LogP contribution in [0.3, 0.4) is 0 Å². The average molecular weight is 299 g/mol. The van der Waals surface area contributed by atoms with Crippen molar-refractivity contribution in [3.63, 3.8) is 0 Å². The Balaban J connectivity index is 0. The molecule has 0 amide bonds. The van der Waals surface area contributed by atoms with Crippen molar-refractivity contribution in [3.8, 4) is 0 Å². The van der Waals surface area contributed by atoms with Crippen LogP contribution in [-0.2, 0) is 6.54 Å². The van der Waals surface area contributed by atoms with E-state index in [1.54, 1.807) is 0 Å². The third kappa shape index (κ3) is 5.98. The van der Waals surface area contributed by atoms with E-state index in [1.807, 2.05) is 12.1 Å². The quantitative estimate of drug-likeness (QED) is 0.904. The predicted molar refractivity (Wildman–Crippen MR) is 77.0 cm³/mol. The SMILES string of the molecule is Cl.Cl.NC1CCCN(Cc2ccc(F)cc2)C1.O. The molecular weight excluding hydrogens is 278 g/mol. The number of piperidine rings is 1. The van der Waals surface area contributed by atoms with Gasteiger partial charge in [0.2, 0.25) is 0 Å². The molecule has 0 radical (unpaired) electrons. The van der Waals surface area contributed by atoms with Gasteiger partial charge in [-0.1, -0.05) is 12.1 Å². The first-order valence-electron chi connectivity index (χ1n) is 5.46. The van der Waals surface area contributed by atoms with Crippen molar-refractivity contribution in [1.29, 1.82) is 0 Å². The second-order valence-electron chi connectivity index (χ2n) is 4.26. The summed E-state index contributed by atoms with van der Waals surface area (Å²) < 4.78 is 12.7. The molecule has 0 spiro atoms. The fourth-order valence-electron chi connectivity index (χ4n) is 2.08. The van der Waals surface area contributed by atoms with E-state index in [2.05, 4.69) is 4.90 Å². The Kier molecular flexibility index (Phi) is 10.6. The number of nitrogens with two attached hydrogens (primary N) is 1. The van der Waals surface area contributed by atoms with E-state index in [0.29, 0.717) is 6.04 Å². The molecular formula is C12H21Cl2FN2O. The fraction of sp³-hybridized carbons (Fsp3) is 0.500. The van der Waals surface area contributed by atoms with Crippen molar-refractivity contribution < 1.29 is 9.87 Å². The van der Waals surface area contributed by atoms with E-state index in [1.165, 1.54) is 18.6 Å². The number of nitrogens with zero attached hydrogens (tertiary/aromatic N) is 1. The van der Waals surface area contributed by atoms with E-state index < -0.39 is 0 Å². The van der Waals surface area contributed by atoms with Crippen LogP contribution in [0.4, 0.5) is 4.39 Å². The summed E-state index contributed by atoms with van der Waals surface area (Å²) in [5, 5.41) is 0. The summed E-state index contributed by atoms with van der Waals surface area (Å²) in [5.74, 6) is -0.172. The number of likely N-dealkylation sites (tertiary alicyclic amines) is 1. The number of halogens is 3. The molecule has 1 aliphatic heterocycles. The summed E-state index contributed by atoms with van der Waals surface area (Å²) in [6.45, 7) is 2.94. The Labute approximate surface area is 120 Å². The molecule has 1 aromatic carbocycles. The zero-order valence-corrected chi connectivity index (χ0v) is 11.8. The highest BCUT2D eigenvalue weighted by Gasteiger charge is 2.16. The van der Waals surface area contributed by atoms with E-state index >= 15 is 0 Å². The van der Waals surface area contributed by atoms with Gasteiger partial charge in [0.1, 0.15) is 5.82 Å². The van der Waals surface area contributed by atoms with Gasteiger partial charge in [0, 0.05) is 19.1 Å². The first-order chi connectivity index (χ1) is 7.24. The highest BCUT2D eigenvalue weighted by molar-refractivity contribution is 5.85. The summed E-state index contributed by atoms with van der Waals surface area (Å²) in [4.78, 5) is 2.33. The van der Waals surface area contributed by atoms with Gasteiger partial charge in [0.05, 0.1) is 0 Å². The molecule has 18 heavy (non-hydrogen) atoms. The molecule has 1 aliphatic rings. The van der Waals surface area contributed by atoms with E-state index in [-0.39, 0.29) is 36.1 Å². The van der Waals surface area contributed by atoms with Crippen LogP contribution >= 0.6 is 24.8 Å². The van der Waals surface area contributed by atoms with Crippen molar-refractivity contribution >= 4 is 24.8 Å². The number of hydrogen-bond acceptors (Lipinski definition) is 2. The van der Waals surface area contributed by atoms with Crippen LogP contribution in [0.25, 0.3) is 0 Å². The summed E-state index contributed by atoms with van der Waals surface area (Å²) in [7, 11) is 0. The predicted octanol–water partition coefficient (Wildman–Crippen LogP) is 1.77. The van der Waals surface area contributed by atoms with Gasteiger partial charge in [-0.15, -0.1) is 24.8 Å². The molecule has 6 heteroatoms. The minimum atomic E-state index is -0.172. The average Bonchev–Trinajstić information content (AvgIpc) is 2.22. The second kappa shape index (κ2) is 9.53. The molecule has 2 rings (SSSR count). The molecule has 1 saturated heterocycles. The molecule has 1 atom stereocenters. The third-order valence-corrected chi connectivity index (χ3v) is 2.86. The number of benzene rings is 1. The monoisotopic (exact) mass is 298 g/mol. The van der Waals surface area contributed by atoms with Crippen LogP contribution in [0, 0.1) is 5.82 Å². The fourth-order valence-corrected chi connectivity index (χ4v) is 2.08. The van der Waals surface area contributed by atoms with Crippen LogP contribution in [0.1, 0.15) is 18.4 Å². The highest BCUT2D eigenvalue weighted by Crippen LogP contribution is 2.12. The van der Waals surface area contributed by atoms with Gasteiger partial charge in [0.25, 0.3) is 0 Å². The van der Waals surface area contributed by atoms with Gasteiger partial charge in [0.15, 0.2) is 0 Å². The minimum absolute atomic E-state index is 0. The number of hydrogen-bond donors (Lipinski definition) is 1. The normalized spacial score (nSPS) is 19.1. The Morgan fingerprint density at radius 1 is 1.22 bits per heavy atom. The first-order valence-corrected chi connectivity index (χ1v) is 5.46. The lowest BCUT2D eigenvalue weighted by Gasteiger charge is -2.30. The molecule has 3 nitrogen and oxygen atoms in total. The molecule has 0 aromatic heterocycles. The maximum Gasteiger partial charge on any atom is 0.123 e. The van der Waals surface area contributed by atoms with E-state index in [9.17, 15) is 4.39 Å². The Morgan fingerprint density at radius 3 is 2.39 bits per heavy atom. The van der Waals surface area contributed by atoms with Crippen LogP contribution in [-0.4, -0.2) is 29.5 Å². The smallest absolute Gasteiger partial charge is 0.123 e. The summed E-state index contributed by atoms with van der Waals surface area (Å²) >= 11 is 0. The van der Waals surface area contributed by atoms with Crippen molar-refractivity contribution in [2.24, 2.45) is 5.73 Å². The number of rotatable bonds is 2. The van der Waals surface area contributed by atoms with Gasteiger partial charge in [-0.05, 0) is 37.1 Å².